The Morgan fingerprint density at radius 2 is 1.83 bits per heavy atom. The van der Waals surface area contributed by atoms with Crippen LogP contribution in [0.5, 0.6) is 0 Å². The number of hydrogen-bond acceptors (Lipinski definition) is 2. The van der Waals surface area contributed by atoms with E-state index in [1.54, 1.807) is 0 Å². The second-order valence-electron chi connectivity index (χ2n) is 6.54. The minimum absolute atomic E-state index is 0.482. The van der Waals surface area contributed by atoms with Crippen LogP contribution in [-0.2, 0) is 6.42 Å². The SMILES string of the molecule is O=C(O)c1cc2c(s1)C(C1CCCCC1)=C(c1ccccc1)C2. The molecule has 0 bridgehead atoms. The lowest BCUT2D eigenvalue weighted by Gasteiger charge is -2.24. The van der Waals surface area contributed by atoms with Crippen LogP contribution in [0.2, 0.25) is 0 Å². The third-order valence-corrected chi connectivity index (χ3v) is 6.29. The molecule has 2 aromatic rings. The average molecular weight is 324 g/mol. The highest BCUT2D eigenvalue weighted by Gasteiger charge is 2.32. The van der Waals surface area contributed by atoms with Gasteiger partial charge in [0.1, 0.15) is 4.88 Å². The van der Waals surface area contributed by atoms with Crippen LogP contribution in [0, 0.1) is 5.92 Å². The van der Waals surface area contributed by atoms with Gasteiger partial charge in [-0.15, -0.1) is 11.3 Å². The highest BCUT2D eigenvalue weighted by molar-refractivity contribution is 7.15. The van der Waals surface area contributed by atoms with Gasteiger partial charge in [-0.2, -0.15) is 0 Å². The highest BCUT2D eigenvalue weighted by atomic mass is 32.1. The third kappa shape index (κ3) is 2.63. The Morgan fingerprint density at radius 1 is 1.09 bits per heavy atom. The van der Waals surface area contributed by atoms with Gasteiger partial charge in [0.15, 0.2) is 0 Å². The molecule has 3 heteroatoms. The van der Waals surface area contributed by atoms with E-state index in [9.17, 15) is 9.90 Å². The number of benzene rings is 1. The number of carbonyl (C=O) groups is 1. The van der Waals surface area contributed by atoms with Gasteiger partial charge in [-0.3, -0.25) is 0 Å². The molecular formula is C20H20O2S. The molecule has 0 aliphatic heterocycles. The fraction of sp³-hybridized carbons (Fsp3) is 0.350. The summed E-state index contributed by atoms with van der Waals surface area (Å²) < 4.78 is 0. The van der Waals surface area contributed by atoms with E-state index < -0.39 is 5.97 Å². The Morgan fingerprint density at radius 3 is 2.52 bits per heavy atom. The Hall–Kier alpha value is -1.87. The van der Waals surface area contributed by atoms with Crippen molar-refractivity contribution < 1.29 is 9.90 Å². The van der Waals surface area contributed by atoms with E-state index >= 15 is 0 Å². The van der Waals surface area contributed by atoms with E-state index in [4.69, 9.17) is 0 Å². The Balaban J connectivity index is 1.82. The number of allylic oxidation sites excluding steroid dienone is 2. The molecule has 23 heavy (non-hydrogen) atoms. The minimum atomic E-state index is -0.798. The highest BCUT2D eigenvalue weighted by Crippen LogP contribution is 2.49. The van der Waals surface area contributed by atoms with Crippen LogP contribution in [0.4, 0.5) is 0 Å². The van der Waals surface area contributed by atoms with Gasteiger partial charge in [-0.25, -0.2) is 4.79 Å². The average Bonchev–Trinajstić information content (AvgIpc) is 3.14. The monoisotopic (exact) mass is 324 g/mol. The van der Waals surface area contributed by atoms with Crippen molar-refractivity contribution in [2.75, 3.05) is 0 Å². The van der Waals surface area contributed by atoms with Gasteiger partial charge in [-0.05, 0) is 53.5 Å². The normalized spacial score (nSPS) is 18.3. The third-order valence-electron chi connectivity index (χ3n) is 5.09. The number of hydrogen-bond donors (Lipinski definition) is 1. The van der Waals surface area contributed by atoms with E-state index in [0.29, 0.717) is 10.8 Å². The van der Waals surface area contributed by atoms with Gasteiger partial charge in [0.25, 0.3) is 0 Å². The molecule has 1 aromatic heterocycles. The Kier molecular flexibility index (Phi) is 3.82. The first-order valence-corrected chi connectivity index (χ1v) is 9.20. The topological polar surface area (TPSA) is 37.3 Å². The van der Waals surface area contributed by atoms with Crippen LogP contribution in [0.3, 0.4) is 0 Å². The molecule has 0 atom stereocenters. The van der Waals surface area contributed by atoms with Crippen LogP contribution >= 0.6 is 11.3 Å². The fourth-order valence-electron chi connectivity index (χ4n) is 4.04. The molecule has 1 heterocycles. The number of carboxylic acids is 1. The molecule has 1 N–H and O–H groups in total. The van der Waals surface area contributed by atoms with Gasteiger partial charge in [0, 0.05) is 4.88 Å². The maximum Gasteiger partial charge on any atom is 0.345 e. The van der Waals surface area contributed by atoms with E-state index in [-0.39, 0.29) is 0 Å². The summed E-state index contributed by atoms with van der Waals surface area (Å²) in [4.78, 5) is 13.1. The van der Waals surface area contributed by atoms with Crippen LogP contribution in [0.15, 0.2) is 36.4 Å². The van der Waals surface area contributed by atoms with Crippen molar-refractivity contribution in [3.05, 3.63) is 57.3 Å². The van der Waals surface area contributed by atoms with Gasteiger partial charge in [0.05, 0.1) is 0 Å². The number of carboxylic acid groups (broad SMARTS) is 1. The van der Waals surface area contributed by atoms with E-state index in [2.05, 4.69) is 30.3 Å². The Bertz CT molecular complexity index is 764. The van der Waals surface area contributed by atoms with Crippen LogP contribution in [0.25, 0.3) is 11.1 Å². The van der Waals surface area contributed by atoms with Crippen LogP contribution in [0.1, 0.15) is 57.8 Å². The molecule has 0 saturated heterocycles. The molecule has 2 aliphatic rings. The zero-order valence-electron chi connectivity index (χ0n) is 13.0. The Labute approximate surface area is 140 Å². The zero-order valence-corrected chi connectivity index (χ0v) is 13.9. The molecule has 1 aromatic carbocycles. The molecule has 1 saturated carbocycles. The van der Waals surface area contributed by atoms with Crippen molar-refractivity contribution in [1.82, 2.24) is 0 Å². The summed E-state index contributed by atoms with van der Waals surface area (Å²) >= 11 is 1.47. The maximum absolute atomic E-state index is 11.3. The summed E-state index contributed by atoms with van der Waals surface area (Å²) in [5.74, 6) is -0.200. The number of thiophene rings is 1. The molecule has 1 fully saturated rings. The minimum Gasteiger partial charge on any atom is -0.477 e. The van der Waals surface area contributed by atoms with E-state index in [1.807, 2.05) is 6.07 Å². The number of aromatic carboxylic acids is 1. The molecular weight excluding hydrogens is 304 g/mol. The van der Waals surface area contributed by atoms with Crippen molar-refractivity contribution in [3.63, 3.8) is 0 Å². The molecule has 2 nitrogen and oxygen atoms in total. The van der Waals surface area contributed by atoms with E-state index in [0.717, 1.165) is 6.42 Å². The molecule has 0 spiro atoms. The lowest BCUT2D eigenvalue weighted by atomic mass is 9.81. The van der Waals surface area contributed by atoms with Gasteiger partial charge in [0.2, 0.25) is 0 Å². The summed E-state index contributed by atoms with van der Waals surface area (Å²) in [5, 5.41) is 9.32. The number of rotatable bonds is 3. The summed E-state index contributed by atoms with van der Waals surface area (Å²) in [6.45, 7) is 0. The summed E-state index contributed by atoms with van der Waals surface area (Å²) in [5.41, 5.74) is 5.39. The largest absolute Gasteiger partial charge is 0.477 e. The van der Waals surface area contributed by atoms with E-state index in [1.165, 1.54) is 70.6 Å². The summed E-state index contributed by atoms with van der Waals surface area (Å²) in [6, 6.07) is 12.5. The van der Waals surface area contributed by atoms with Crippen molar-refractivity contribution in [1.29, 1.82) is 0 Å². The zero-order chi connectivity index (χ0) is 15.8. The van der Waals surface area contributed by atoms with Crippen molar-refractivity contribution in [3.8, 4) is 0 Å². The standard InChI is InChI=1S/C20H20O2S/c21-20(22)17-12-15-11-16(13-7-3-1-4-8-13)18(19(15)23-17)14-9-5-2-6-10-14/h1,3-4,7-8,12,14H,2,5-6,9-11H2,(H,21,22). The predicted octanol–water partition coefficient (Wildman–Crippen LogP) is 5.49. The quantitative estimate of drug-likeness (QED) is 0.810. The van der Waals surface area contributed by atoms with Crippen molar-refractivity contribution in [2.45, 2.75) is 38.5 Å². The van der Waals surface area contributed by atoms with Gasteiger partial charge < -0.3 is 5.11 Å². The predicted molar refractivity (Wildman–Crippen MR) is 94.8 cm³/mol. The fourth-order valence-corrected chi connectivity index (χ4v) is 5.21. The smallest absolute Gasteiger partial charge is 0.345 e. The van der Waals surface area contributed by atoms with Crippen LogP contribution in [-0.4, -0.2) is 11.1 Å². The van der Waals surface area contributed by atoms with Crippen molar-refractivity contribution >= 4 is 28.5 Å². The second kappa shape index (κ2) is 5.97. The lowest BCUT2D eigenvalue weighted by molar-refractivity contribution is 0.0702. The van der Waals surface area contributed by atoms with Gasteiger partial charge >= 0.3 is 5.97 Å². The molecule has 4 rings (SSSR count). The molecule has 2 aliphatic carbocycles. The molecule has 118 valence electrons. The molecule has 0 amide bonds. The van der Waals surface area contributed by atoms with Crippen LogP contribution < -0.4 is 0 Å². The lowest BCUT2D eigenvalue weighted by Crippen LogP contribution is -2.08. The molecule has 0 radical (unpaired) electrons. The van der Waals surface area contributed by atoms with Crippen molar-refractivity contribution in [2.24, 2.45) is 5.92 Å². The molecule has 0 unspecified atom stereocenters. The summed E-state index contributed by atoms with van der Waals surface area (Å²) in [6.07, 6.45) is 7.29. The number of fused-ring (bicyclic) bond motifs is 1. The second-order valence-corrected chi connectivity index (χ2v) is 7.59. The van der Waals surface area contributed by atoms with Gasteiger partial charge in [-0.1, -0.05) is 49.6 Å². The first kappa shape index (κ1) is 14.7. The summed E-state index contributed by atoms with van der Waals surface area (Å²) in [7, 11) is 0. The first-order chi connectivity index (χ1) is 11.2. The maximum atomic E-state index is 11.3. The first-order valence-electron chi connectivity index (χ1n) is 8.39.